The summed E-state index contributed by atoms with van der Waals surface area (Å²) in [5.74, 6) is 0.177. The Bertz CT molecular complexity index is 674. The van der Waals surface area contributed by atoms with E-state index in [1.807, 2.05) is 30.4 Å². The van der Waals surface area contributed by atoms with Gasteiger partial charge in [-0.1, -0.05) is 24.6 Å². The van der Waals surface area contributed by atoms with Crippen molar-refractivity contribution in [3.05, 3.63) is 56.8 Å². The lowest BCUT2D eigenvalue weighted by molar-refractivity contribution is 0.0656. The molecule has 0 bridgehead atoms. The summed E-state index contributed by atoms with van der Waals surface area (Å²) in [5, 5.41) is 2.15. The van der Waals surface area contributed by atoms with Crippen LogP contribution in [0.3, 0.4) is 0 Å². The standard InChI is InChI=1S/C18H21NOS/c1-4-16-15-8-10-21-17(15)7-9-19(16)18(20)14-6-5-12(2)11-13(14)3/h5-6,8,10-11,16H,4,7,9H2,1-3H3. The molecule has 1 amide bonds. The Balaban J connectivity index is 1.94. The van der Waals surface area contributed by atoms with Gasteiger partial charge in [0, 0.05) is 17.0 Å². The van der Waals surface area contributed by atoms with Gasteiger partial charge < -0.3 is 4.90 Å². The minimum atomic E-state index is 0.177. The first kappa shape index (κ1) is 14.3. The van der Waals surface area contributed by atoms with E-state index < -0.39 is 0 Å². The monoisotopic (exact) mass is 299 g/mol. The van der Waals surface area contributed by atoms with Gasteiger partial charge >= 0.3 is 0 Å². The Labute approximate surface area is 130 Å². The summed E-state index contributed by atoms with van der Waals surface area (Å²) in [6, 6.07) is 8.52. The Hall–Kier alpha value is -1.61. The SMILES string of the molecule is CCC1c2ccsc2CCN1C(=O)c1ccc(C)cc1C. The Morgan fingerprint density at radius 1 is 1.33 bits per heavy atom. The lowest BCUT2D eigenvalue weighted by atomic mass is 9.96. The van der Waals surface area contributed by atoms with Crippen LogP contribution in [0.5, 0.6) is 0 Å². The Morgan fingerprint density at radius 2 is 2.14 bits per heavy atom. The molecular formula is C18H21NOS. The fourth-order valence-electron chi connectivity index (χ4n) is 3.29. The van der Waals surface area contributed by atoms with E-state index >= 15 is 0 Å². The van der Waals surface area contributed by atoms with Crippen molar-refractivity contribution in [1.82, 2.24) is 4.90 Å². The molecule has 3 rings (SSSR count). The van der Waals surface area contributed by atoms with E-state index in [2.05, 4.69) is 36.3 Å². The molecule has 0 saturated heterocycles. The number of aryl methyl sites for hydroxylation is 2. The van der Waals surface area contributed by atoms with Crippen molar-refractivity contribution in [3.63, 3.8) is 0 Å². The highest BCUT2D eigenvalue weighted by atomic mass is 32.1. The quantitative estimate of drug-likeness (QED) is 0.798. The van der Waals surface area contributed by atoms with Crippen molar-refractivity contribution < 1.29 is 4.79 Å². The van der Waals surface area contributed by atoms with E-state index in [0.717, 1.165) is 30.5 Å². The van der Waals surface area contributed by atoms with E-state index in [-0.39, 0.29) is 11.9 Å². The maximum atomic E-state index is 13.0. The number of hydrogen-bond acceptors (Lipinski definition) is 2. The number of fused-ring (bicyclic) bond motifs is 1. The van der Waals surface area contributed by atoms with Crippen LogP contribution in [0.2, 0.25) is 0 Å². The molecule has 3 heteroatoms. The molecule has 0 spiro atoms. The molecule has 0 radical (unpaired) electrons. The molecule has 2 heterocycles. The first-order valence-corrected chi connectivity index (χ1v) is 8.44. The van der Waals surface area contributed by atoms with Crippen molar-refractivity contribution in [2.24, 2.45) is 0 Å². The second-order valence-electron chi connectivity index (χ2n) is 5.79. The van der Waals surface area contributed by atoms with Gasteiger partial charge in [0.15, 0.2) is 0 Å². The van der Waals surface area contributed by atoms with Gasteiger partial charge in [-0.3, -0.25) is 4.79 Å². The smallest absolute Gasteiger partial charge is 0.254 e. The van der Waals surface area contributed by atoms with Gasteiger partial charge in [-0.15, -0.1) is 11.3 Å². The minimum Gasteiger partial charge on any atom is -0.331 e. The fraction of sp³-hybridized carbons (Fsp3) is 0.389. The van der Waals surface area contributed by atoms with Crippen molar-refractivity contribution >= 4 is 17.2 Å². The third-order valence-corrected chi connectivity index (χ3v) is 5.35. The van der Waals surface area contributed by atoms with Crippen LogP contribution in [0.25, 0.3) is 0 Å². The van der Waals surface area contributed by atoms with E-state index in [1.54, 1.807) is 0 Å². The molecule has 21 heavy (non-hydrogen) atoms. The molecule has 2 aromatic rings. The Morgan fingerprint density at radius 3 is 2.86 bits per heavy atom. The van der Waals surface area contributed by atoms with Crippen LogP contribution in [0, 0.1) is 13.8 Å². The summed E-state index contributed by atoms with van der Waals surface area (Å²) in [5.41, 5.74) is 4.48. The molecular weight excluding hydrogens is 278 g/mol. The maximum Gasteiger partial charge on any atom is 0.254 e. The van der Waals surface area contributed by atoms with Gasteiger partial charge in [0.1, 0.15) is 0 Å². The van der Waals surface area contributed by atoms with E-state index in [1.165, 1.54) is 16.0 Å². The number of rotatable bonds is 2. The molecule has 1 aliphatic rings. The average molecular weight is 299 g/mol. The van der Waals surface area contributed by atoms with Gasteiger partial charge in [0.25, 0.3) is 5.91 Å². The van der Waals surface area contributed by atoms with E-state index in [9.17, 15) is 4.79 Å². The number of thiophene rings is 1. The molecule has 0 fully saturated rings. The van der Waals surface area contributed by atoms with Crippen LogP contribution in [-0.4, -0.2) is 17.4 Å². The number of carbonyl (C=O) groups excluding carboxylic acids is 1. The number of amides is 1. The number of carbonyl (C=O) groups is 1. The molecule has 1 unspecified atom stereocenters. The van der Waals surface area contributed by atoms with Gasteiger partial charge in [-0.2, -0.15) is 0 Å². The second kappa shape index (κ2) is 5.64. The Kier molecular flexibility index (Phi) is 3.85. The second-order valence-corrected chi connectivity index (χ2v) is 6.79. The highest BCUT2D eigenvalue weighted by molar-refractivity contribution is 7.10. The lowest BCUT2D eigenvalue weighted by Crippen LogP contribution is -2.39. The van der Waals surface area contributed by atoms with E-state index in [0.29, 0.717) is 0 Å². The van der Waals surface area contributed by atoms with Crippen molar-refractivity contribution in [2.45, 2.75) is 39.7 Å². The van der Waals surface area contributed by atoms with Crippen molar-refractivity contribution in [2.75, 3.05) is 6.54 Å². The normalized spacial score (nSPS) is 17.7. The molecule has 0 N–H and O–H groups in total. The molecule has 1 aromatic carbocycles. The van der Waals surface area contributed by atoms with Crippen LogP contribution in [0.1, 0.15) is 51.3 Å². The largest absolute Gasteiger partial charge is 0.331 e. The molecule has 0 aliphatic carbocycles. The first-order valence-electron chi connectivity index (χ1n) is 7.56. The highest BCUT2D eigenvalue weighted by Gasteiger charge is 2.31. The topological polar surface area (TPSA) is 20.3 Å². The van der Waals surface area contributed by atoms with Crippen LogP contribution in [-0.2, 0) is 6.42 Å². The molecule has 2 nitrogen and oxygen atoms in total. The third-order valence-electron chi connectivity index (χ3n) is 4.35. The van der Waals surface area contributed by atoms with E-state index in [4.69, 9.17) is 0 Å². The zero-order valence-electron chi connectivity index (χ0n) is 12.8. The highest BCUT2D eigenvalue weighted by Crippen LogP contribution is 2.36. The summed E-state index contributed by atoms with van der Waals surface area (Å²) in [7, 11) is 0. The summed E-state index contributed by atoms with van der Waals surface area (Å²) >= 11 is 1.82. The fourth-order valence-corrected chi connectivity index (χ4v) is 4.22. The zero-order chi connectivity index (χ0) is 15.0. The van der Waals surface area contributed by atoms with Crippen molar-refractivity contribution in [3.8, 4) is 0 Å². The predicted molar refractivity (Wildman–Crippen MR) is 88.0 cm³/mol. The summed E-state index contributed by atoms with van der Waals surface area (Å²) in [6.45, 7) is 7.09. The van der Waals surface area contributed by atoms with Gasteiger partial charge in [-0.25, -0.2) is 0 Å². The van der Waals surface area contributed by atoms with Gasteiger partial charge in [-0.05, 0) is 55.3 Å². The van der Waals surface area contributed by atoms with Crippen molar-refractivity contribution in [1.29, 1.82) is 0 Å². The number of nitrogens with zero attached hydrogens (tertiary/aromatic N) is 1. The molecule has 0 saturated carbocycles. The van der Waals surface area contributed by atoms with Gasteiger partial charge in [0.05, 0.1) is 6.04 Å². The van der Waals surface area contributed by atoms with Crippen LogP contribution >= 0.6 is 11.3 Å². The molecule has 1 atom stereocenters. The predicted octanol–water partition coefficient (Wildman–Crippen LogP) is 4.51. The summed E-state index contributed by atoms with van der Waals surface area (Å²) in [6.07, 6.45) is 1.96. The maximum absolute atomic E-state index is 13.0. The molecule has 1 aromatic heterocycles. The number of benzene rings is 1. The minimum absolute atomic E-state index is 0.177. The summed E-state index contributed by atoms with van der Waals surface area (Å²) < 4.78 is 0. The lowest BCUT2D eigenvalue weighted by Gasteiger charge is -2.35. The summed E-state index contributed by atoms with van der Waals surface area (Å²) in [4.78, 5) is 16.5. The molecule has 110 valence electrons. The van der Waals surface area contributed by atoms with Crippen LogP contribution in [0.15, 0.2) is 29.6 Å². The molecule has 1 aliphatic heterocycles. The zero-order valence-corrected chi connectivity index (χ0v) is 13.7. The third kappa shape index (κ3) is 2.51. The van der Waals surface area contributed by atoms with Crippen LogP contribution in [0.4, 0.5) is 0 Å². The van der Waals surface area contributed by atoms with Crippen LogP contribution < -0.4 is 0 Å². The first-order chi connectivity index (χ1) is 10.1. The number of hydrogen-bond donors (Lipinski definition) is 0. The average Bonchev–Trinajstić information content (AvgIpc) is 2.94. The van der Waals surface area contributed by atoms with Gasteiger partial charge in [0.2, 0.25) is 0 Å².